The molecule has 0 saturated carbocycles. The molecule has 2 amide bonds. The van der Waals surface area contributed by atoms with Gasteiger partial charge < -0.3 is 0 Å². The van der Waals surface area contributed by atoms with Crippen LogP contribution >= 0.6 is 27.3 Å². The van der Waals surface area contributed by atoms with E-state index in [1.54, 1.807) is 12.1 Å². The number of thiophene rings is 1. The predicted octanol–water partition coefficient (Wildman–Crippen LogP) is 2.12. The smallest absolute Gasteiger partial charge is 0.267 e. The van der Waals surface area contributed by atoms with E-state index in [0.717, 1.165) is 16.0 Å². The molecule has 0 bridgehead atoms. The molecule has 0 aliphatic rings. The van der Waals surface area contributed by atoms with Crippen molar-refractivity contribution in [2.24, 2.45) is 0 Å². The molecule has 8 heteroatoms. The zero-order chi connectivity index (χ0) is 13.8. The normalized spacial score (nSPS) is 10.0. The quantitative estimate of drug-likeness (QED) is 0.648. The van der Waals surface area contributed by atoms with Gasteiger partial charge in [0.1, 0.15) is 0 Å². The molecule has 0 aliphatic heterocycles. The monoisotopic (exact) mass is 343 g/mol. The van der Waals surface area contributed by atoms with E-state index >= 15 is 0 Å². The average molecular weight is 344 g/mol. The van der Waals surface area contributed by atoms with E-state index < -0.39 is 17.8 Å². The van der Waals surface area contributed by atoms with Crippen molar-refractivity contribution >= 4 is 39.1 Å². The van der Waals surface area contributed by atoms with Crippen LogP contribution in [0.2, 0.25) is 0 Å². The van der Waals surface area contributed by atoms with Crippen molar-refractivity contribution in [3.8, 4) is 0 Å². The van der Waals surface area contributed by atoms with E-state index in [4.69, 9.17) is 0 Å². The van der Waals surface area contributed by atoms with Crippen LogP contribution in [0.15, 0.2) is 34.2 Å². The average Bonchev–Trinajstić information content (AvgIpc) is 2.83. The van der Waals surface area contributed by atoms with Crippen LogP contribution in [0.25, 0.3) is 0 Å². The number of carbonyl (C=O) groups is 2. The molecule has 2 heterocycles. The third kappa shape index (κ3) is 3.58. The summed E-state index contributed by atoms with van der Waals surface area (Å²) in [6.45, 7) is 0. The van der Waals surface area contributed by atoms with Gasteiger partial charge >= 0.3 is 0 Å². The van der Waals surface area contributed by atoms with Crippen LogP contribution < -0.4 is 10.9 Å². The lowest BCUT2D eigenvalue weighted by Crippen LogP contribution is -2.41. The van der Waals surface area contributed by atoms with Crippen LogP contribution in [0, 0.1) is 5.95 Å². The Labute approximate surface area is 120 Å². The minimum absolute atomic E-state index is 0.147. The lowest BCUT2D eigenvalue weighted by Gasteiger charge is -2.05. The minimum atomic E-state index is -0.677. The molecular weight excluding hydrogens is 337 g/mol. The highest BCUT2D eigenvalue weighted by Crippen LogP contribution is 2.21. The van der Waals surface area contributed by atoms with Gasteiger partial charge in [-0.05, 0) is 40.2 Å². The number of amides is 2. The van der Waals surface area contributed by atoms with Gasteiger partial charge in [0, 0.05) is 6.20 Å². The van der Waals surface area contributed by atoms with Crippen molar-refractivity contribution in [3.05, 3.63) is 50.6 Å². The van der Waals surface area contributed by atoms with Gasteiger partial charge in [-0.1, -0.05) is 0 Å². The Balaban J connectivity index is 1.93. The Morgan fingerprint density at radius 3 is 2.47 bits per heavy atom. The van der Waals surface area contributed by atoms with Crippen LogP contribution in [0.4, 0.5) is 4.39 Å². The zero-order valence-electron chi connectivity index (χ0n) is 9.31. The van der Waals surface area contributed by atoms with Crippen LogP contribution in [0.1, 0.15) is 20.0 Å². The molecule has 0 unspecified atom stereocenters. The summed E-state index contributed by atoms with van der Waals surface area (Å²) in [6, 6.07) is 5.68. The van der Waals surface area contributed by atoms with Crippen molar-refractivity contribution in [2.75, 3.05) is 0 Å². The van der Waals surface area contributed by atoms with E-state index in [0.29, 0.717) is 4.88 Å². The highest BCUT2D eigenvalue weighted by Gasteiger charge is 2.11. The largest absolute Gasteiger partial charge is 0.279 e. The Hall–Kier alpha value is -1.80. The number of rotatable bonds is 2. The van der Waals surface area contributed by atoms with E-state index in [1.807, 2.05) is 0 Å². The summed E-state index contributed by atoms with van der Waals surface area (Å²) in [6.07, 6.45) is 1.08. The van der Waals surface area contributed by atoms with Crippen molar-refractivity contribution < 1.29 is 14.0 Å². The summed E-state index contributed by atoms with van der Waals surface area (Å²) in [5, 5.41) is 0. The van der Waals surface area contributed by atoms with Crippen LogP contribution in [-0.2, 0) is 0 Å². The fourth-order valence-electron chi connectivity index (χ4n) is 1.19. The summed E-state index contributed by atoms with van der Waals surface area (Å²) in [5.41, 5.74) is 4.62. The molecule has 0 aliphatic carbocycles. The molecule has 0 aromatic carbocycles. The molecule has 2 aromatic heterocycles. The van der Waals surface area contributed by atoms with Crippen molar-refractivity contribution in [2.45, 2.75) is 0 Å². The van der Waals surface area contributed by atoms with E-state index in [1.165, 1.54) is 17.4 Å². The molecule has 2 rings (SSSR count). The van der Waals surface area contributed by atoms with Crippen LogP contribution in [0.3, 0.4) is 0 Å². The first-order chi connectivity index (χ1) is 9.06. The molecule has 0 radical (unpaired) electrons. The van der Waals surface area contributed by atoms with Gasteiger partial charge in [0.25, 0.3) is 11.8 Å². The number of hydrogen-bond acceptors (Lipinski definition) is 4. The molecule has 0 atom stereocenters. The van der Waals surface area contributed by atoms with E-state index in [-0.39, 0.29) is 5.56 Å². The topological polar surface area (TPSA) is 71.1 Å². The molecule has 0 spiro atoms. The molecular formula is C11H7BrFN3O2S. The van der Waals surface area contributed by atoms with E-state index in [2.05, 4.69) is 31.8 Å². The maximum absolute atomic E-state index is 12.6. The predicted molar refractivity (Wildman–Crippen MR) is 71.1 cm³/mol. The number of nitrogens with one attached hydrogen (secondary N) is 2. The molecule has 0 fully saturated rings. The Bertz CT molecular complexity index is 615. The SMILES string of the molecule is O=C(NNC(=O)c1ccc(Br)s1)c1ccc(F)nc1. The Morgan fingerprint density at radius 2 is 1.89 bits per heavy atom. The van der Waals surface area contributed by atoms with Gasteiger partial charge in [0.2, 0.25) is 5.95 Å². The Kier molecular flexibility index (Phi) is 4.23. The zero-order valence-corrected chi connectivity index (χ0v) is 11.7. The fraction of sp³-hybridized carbons (Fsp3) is 0. The number of carbonyl (C=O) groups excluding carboxylic acids is 2. The molecule has 2 N–H and O–H groups in total. The standard InChI is InChI=1S/C11H7BrFN3O2S/c12-8-3-2-7(19-8)11(18)16-15-10(17)6-1-4-9(13)14-5-6/h1-5H,(H,15,17)(H,16,18). The fourth-order valence-corrected chi connectivity index (χ4v) is 2.48. The molecule has 5 nitrogen and oxygen atoms in total. The van der Waals surface area contributed by atoms with Gasteiger partial charge in [0.15, 0.2) is 0 Å². The second-order valence-corrected chi connectivity index (χ2v) is 5.84. The number of aromatic nitrogens is 1. The molecule has 19 heavy (non-hydrogen) atoms. The van der Waals surface area contributed by atoms with Gasteiger partial charge in [-0.15, -0.1) is 11.3 Å². The number of halogens is 2. The minimum Gasteiger partial charge on any atom is -0.267 e. The maximum atomic E-state index is 12.6. The summed E-state index contributed by atoms with van der Waals surface area (Å²) in [5.74, 6) is -1.68. The van der Waals surface area contributed by atoms with Crippen LogP contribution in [0.5, 0.6) is 0 Å². The number of hydrogen-bond donors (Lipinski definition) is 2. The second kappa shape index (κ2) is 5.89. The van der Waals surface area contributed by atoms with Gasteiger partial charge in [-0.25, -0.2) is 4.98 Å². The van der Waals surface area contributed by atoms with Crippen molar-refractivity contribution in [3.63, 3.8) is 0 Å². The van der Waals surface area contributed by atoms with Crippen molar-refractivity contribution in [1.82, 2.24) is 15.8 Å². The lowest BCUT2D eigenvalue weighted by atomic mass is 10.3. The summed E-state index contributed by atoms with van der Waals surface area (Å²) < 4.78 is 13.4. The molecule has 2 aromatic rings. The highest BCUT2D eigenvalue weighted by molar-refractivity contribution is 9.11. The van der Waals surface area contributed by atoms with Gasteiger partial charge in [-0.3, -0.25) is 20.4 Å². The van der Waals surface area contributed by atoms with Crippen LogP contribution in [-0.4, -0.2) is 16.8 Å². The summed E-state index contributed by atoms with van der Waals surface area (Å²) >= 11 is 4.47. The second-order valence-electron chi connectivity index (χ2n) is 3.38. The first-order valence-electron chi connectivity index (χ1n) is 5.04. The summed E-state index contributed by atoms with van der Waals surface area (Å²) in [7, 11) is 0. The Morgan fingerprint density at radius 1 is 1.16 bits per heavy atom. The third-order valence-corrected chi connectivity index (χ3v) is 3.70. The van der Waals surface area contributed by atoms with Crippen molar-refractivity contribution in [1.29, 1.82) is 0 Å². The highest BCUT2D eigenvalue weighted by atomic mass is 79.9. The number of hydrazine groups is 1. The molecule has 98 valence electrons. The lowest BCUT2D eigenvalue weighted by molar-refractivity contribution is 0.0848. The van der Waals surface area contributed by atoms with E-state index in [9.17, 15) is 14.0 Å². The third-order valence-electron chi connectivity index (χ3n) is 2.08. The summed E-state index contributed by atoms with van der Waals surface area (Å²) in [4.78, 5) is 27.0. The van der Waals surface area contributed by atoms with Gasteiger partial charge in [0.05, 0.1) is 14.2 Å². The number of pyridine rings is 1. The maximum Gasteiger partial charge on any atom is 0.279 e. The molecule has 0 saturated heterocycles. The first-order valence-corrected chi connectivity index (χ1v) is 6.65. The number of nitrogens with zero attached hydrogens (tertiary/aromatic N) is 1. The first kappa shape index (κ1) is 13.6. The van der Waals surface area contributed by atoms with Gasteiger partial charge in [-0.2, -0.15) is 4.39 Å².